The van der Waals surface area contributed by atoms with Crippen molar-refractivity contribution in [1.82, 2.24) is 15.0 Å². The zero-order chi connectivity index (χ0) is 31.7. The first-order valence-corrected chi connectivity index (χ1v) is 15.3. The van der Waals surface area contributed by atoms with Crippen molar-refractivity contribution in [3.8, 4) is 33.6 Å². The van der Waals surface area contributed by atoms with Gasteiger partial charge in [-0.05, 0) is 48.4 Å². The molecule has 0 amide bonds. The minimum atomic E-state index is -0.0486. The molecule has 0 aliphatic heterocycles. The summed E-state index contributed by atoms with van der Waals surface area (Å²) in [7, 11) is 0. The van der Waals surface area contributed by atoms with Crippen LogP contribution in [-0.2, 0) is 25.5 Å². The third kappa shape index (κ3) is 6.72. The van der Waals surface area contributed by atoms with Crippen molar-refractivity contribution in [3.05, 3.63) is 138 Å². The fraction of sp³-hybridized carbons (Fsp3) is 0.195. The van der Waals surface area contributed by atoms with Crippen molar-refractivity contribution in [1.29, 1.82) is 0 Å². The maximum Gasteiger partial charge on any atom is 0.0847 e. The molecule has 0 saturated carbocycles. The third-order valence-corrected chi connectivity index (χ3v) is 8.28. The first-order valence-electron chi connectivity index (χ1n) is 15.3. The van der Waals surface area contributed by atoms with E-state index in [4.69, 9.17) is 14.4 Å². The van der Waals surface area contributed by atoms with Gasteiger partial charge < -0.3 is 9.40 Å². The largest absolute Gasteiger partial charge is 0.506 e. The van der Waals surface area contributed by atoms with Crippen molar-refractivity contribution >= 4 is 21.9 Å². The van der Waals surface area contributed by atoms with Gasteiger partial charge in [-0.1, -0.05) is 111 Å². The average Bonchev–Trinajstić information content (AvgIpc) is 3.53. The number of hydrogen-bond acceptors (Lipinski definition) is 4. The zero-order valence-electron chi connectivity index (χ0n) is 27.3. The van der Waals surface area contributed by atoms with Crippen LogP contribution < -0.4 is 0 Å². The summed E-state index contributed by atoms with van der Waals surface area (Å²) < 4.78 is 5.79. The molecule has 233 valence electrons. The summed E-state index contributed by atoms with van der Waals surface area (Å²) in [6.45, 7) is 14.9. The van der Waals surface area contributed by atoms with Crippen LogP contribution in [0.2, 0.25) is 0 Å². The molecule has 0 unspecified atom stereocenters. The van der Waals surface area contributed by atoms with Gasteiger partial charge in [0.05, 0.1) is 5.58 Å². The summed E-state index contributed by atoms with van der Waals surface area (Å²) in [4.78, 5) is 14.2. The number of nitrogens with zero attached hydrogens (tertiary/aromatic N) is 3. The number of hydrogen-bond donors (Lipinski definition) is 0. The monoisotopic (exact) mass is 780 g/mol. The molecule has 3 aromatic carbocycles. The van der Waals surface area contributed by atoms with Crippen LogP contribution in [0.4, 0.5) is 0 Å². The quantitative estimate of drug-likeness (QED) is 0.168. The number of fused-ring (bicyclic) bond motifs is 3. The molecule has 0 atom stereocenters. The van der Waals surface area contributed by atoms with E-state index in [9.17, 15) is 0 Å². The number of aryl methyl sites for hydroxylation is 4. The van der Waals surface area contributed by atoms with Crippen LogP contribution in [0.1, 0.15) is 48.7 Å². The summed E-state index contributed by atoms with van der Waals surface area (Å²) in [5.41, 5.74) is 13.8. The van der Waals surface area contributed by atoms with Gasteiger partial charge in [0, 0.05) is 61.1 Å². The number of furan rings is 1. The summed E-state index contributed by atoms with van der Waals surface area (Å²) >= 11 is 0. The Kier molecular flexibility index (Phi) is 9.67. The molecule has 4 aromatic heterocycles. The normalized spacial score (nSPS) is 11.2. The molecule has 7 aromatic rings. The van der Waals surface area contributed by atoms with Crippen LogP contribution in [0, 0.1) is 39.8 Å². The molecule has 0 saturated heterocycles. The van der Waals surface area contributed by atoms with Gasteiger partial charge in [0.25, 0.3) is 0 Å². The predicted octanol–water partition coefficient (Wildman–Crippen LogP) is 10.6. The van der Waals surface area contributed by atoms with Crippen LogP contribution in [0.3, 0.4) is 0 Å². The molecule has 4 nitrogen and oxygen atoms in total. The summed E-state index contributed by atoms with van der Waals surface area (Å²) in [6.07, 6.45) is 5.46. The Labute approximate surface area is 285 Å². The van der Waals surface area contributed by atoms with E-state index in [0.29, 0.717) is 0 Å². The van der Waals surface area contributed by atoms with Crippen molar-refractivity contribution in [2.75, 3.05) is 0 Å². The van der Waals surface area contributed by atoms with Crippen molar-refractivity contribution in [3.63, 3.8) is 0 Å². The van der Waals surface area contributed by atoms with E-state index in [1.807, 2.05) is 48.8 Å². The average molecular weight is 780 g/mol. The van der Waals surface area contributed by atoms with Gasteiger partial charge in [-0.15, -0.1) is 41.0 Å². The van der Waals surface area contributed by atoms with Gasteiger partial charge in [0.1, 0.15) is 0 Å². The van der Waals surface area contributed by atoms with Crippen molar-refractivity contribution in [2.24, 2.45) is 0 Å². The predicted molar refractivity (Wildman–Crippen MR) is 185 cm³/mol. The van der Waals surface area contributed by atoms with Crippen LogP contribution in [-0.4, -0.2) is 15.0 Å². The molecule has 5 heteroatoms. The maximum atomic E-state index is 5.79. The number of aromatic nitrogens is 3. The molecule has 0 aliphatic carbocycles. The maximum absolute atomic E-state index is 5.79. The van der Waals surface area contributed by atoms with E-state index in [1.54, 1.807) is 6.26 Å². The van der Waals surface area contributed by atoms with Crippen LogP contribution in [0.25, 0.3) is 55.5 Å². The molecule has 0 N–H and O–H groups in total. The molecule has 1 radical (unpaired) electrons. The van der Waals surface area contributed by atoms with E-state index >= 15 is 0 Å². The number of rotatable bonds is 3. The van der Waals surface area contributed by atoms with Crippen LogP contribution in [0.5, 0.6) is 0 Å². The molecule has 0 spiro atoms. The number of pyridine rings is 3. The Morgan fingerprint density at radius 1 is 0.761 bits per heavy atom. The molecule has 46 heavy (non-hydrogen) atoms. The molecule has 0 aliphatic rings. The fourth-order valence-electron chi connectivity index (χ4n) is 5.28. The van der Waals surface area contributed by atoms with E-state index in [0.717, 1.165) is 61.2 Å². The van der Waals surface area contributed by atoms with E-state index < -0.39 is 0 Å². The summed E-state index contributed by atoms with van der Waals surface area (Å²) in [6, 6.07) is 33.7. The van der Waals surface area contributed by atoms with Gasteiger partial charge in [-0.2, -0.15) is 0 Å². The van der Waals surface area contributed by atoms with Gasteiger partial charge in [-0.3, -0.25) is 9.97 Å². The van der Waals surface area contributed by atoms with Crippen LogP contribution in [0.15, 0.2) is 102 Å². The summed E-state index contributed by atoms with van der Waals surface area (Å²) in [5, 5.41) is 1.91. The van der Waals surface area contributed by atoms with Crippen molar-refractivity contribution in [2.45, 2.75) is 53.9 Å². The second-order valence-electron chi connectivity index (χ2n) is 12.6. The Balaban J connectivity index is 0.000000209. The first kappa shape index (κ1) is 32.9. The topological polar surface area (TPSA) is 51.8 Å². The fourth-order valence-corrected chi connectivity index (χ4v) is 5.28. The second kappa shape index (κ2) is 13.5. The Bertz CT molecular complexity index is 2090. The first-order chi connectivity index (χ1) is 21.6. The molecule has 7 rings (SSSR count). The number of benzene rings is 3. The molecule has 4 heterocycles. The minimum absolute atomic E-state index is 0. The SMILES string of the molecule is CC(C)(C)c1ccc2c(-c3ncccc3-c3ccccc3)[c-]c3ccoc3c2n1.Cc1c[c-]c(-c2cc(C)c(C)cn2)cc1C.[Ir]. The van der Waals surface area contributed by atoms with Gasteiger partial charge in [0.2, 0.25) is 0 Å². The molecular weight excluding hydrogens is 743 g/mol. The smallest absolute Gasteiger partial charge is 0.0847 e. The van der Waals surface area contributed by atoms with E-state index in [1.165, 1.54) is 22.3 Å². The van der Waals surface area contributed by atoms with E-state index in [2.05, 4.69) is 108 Å². The zero-order valence-corrected chi connectivity index (χ0v) is 29.7. The molecule has 0 fully saturated rings. The standard InChI is InChI=1S/C26H21N2O.C15H16N.Ir/c1-26(2,3)22-12-11-20-21(16-18-13-15-29-25(18)24(20)28-22)23-19(10-7-14-27-23)17-8-5-4-6-9-17;1-10-5-6-14(7-11(10)2)15-8-12(3)13(4)9-16-15;/h4-15H,1-3H3;5,7-9H,1-4H3;/q2*-1;. The van der Waals surface area contributed by atoms with Crippen molar-refractivity contribution < 1.29 is 24.5 Å². The summed E-state index contributed by atoms with van der Waals surface area (Å²) in [5.74, 6) is 0. The Hall–Kier alpha value is -4.44. The van der Waals surface area contributed by atoms with Gasteiger partial charge in [0.15, 0.2) is 0 Å². The van der Waals surface area contributed by atoms with E-state index in [-0.39, 0.29) is 25.5 Å². The minimum Gasteiger partial charge on any atom is -0.506 e. The van der Waals surface area contributed by atoms with Crippen LogP contribution >= 0.6 is 0 Å². The van der Waals surface area contributed by atoms with Gasteiger partial charge >= 0.3 is 0 Å². The Morgan fingerprint density at radius 2 is 1.52 bits per heavy atom. The molecular formula is C41H37IrN3O-2. The molecule has 0 bridgehead atoms. The van der Waals surface area contributed by atoms with Gasteiger partial charge in [-0.25, -0.2) is 0 Å². The second-order valence-corrected chi connectivity index (χ2v) is 12.6. The Morgan fingerprint density at radius 3 is 2.24 bits per heavy atom. The third-order valence-electron chi connectivity index (χ3n) is 8.28.